The van der Waals surface area contributed by atoms with Crippen LogP contribution in [0.3, 0.4) is 0 Å². The summed E-state index contributed by atoms with van der Waals surface area (Å²) in [5.41, 5.74) is -0.103. The summed E-state index contributed by atoms with van der Waals surface area (Å²) in [7, 11) is 0. The minimum Gasteiger partial charge on any atom is -0.299 e. The van der Waals surface area contributed by atoms with Crippen LogP contribution in [-0.2, 0) is 0 Å². The van der Waals surface area contributed by atoms with Gasteiger partial charge in [-0.1, -0.05) is 6.04 Å². The minimum atomic E-state index is -2.73. The lowest BCUT2D eigenvalue weighted by molar-refractivity contribution is 0.317. The molecule has 0 radical (unpaired) electrons. The van der Waals surface area contributed by atoms with Gasteiger partial charge in [-0.3, -0.25) is 9.88 Å². The summed E-state index contributed by atoms with van der Waals surface area (Å²) in [4.78, 5) is 4.20. The van der Waals surface area contributed by atoms with E-state index in [0.29, 0.717) is 4.90 Å². The molecule has 1 aliphatic heterocycles. The highest BCUT2D eigenvalue weighted by atomic mass is 15.1. The number of pyridine rings is 1. The zero-order valence-electron chi connectivity index (χ0n) is 15.4. The molecule has 2 nitrogen and oxygen atoms in total. The van der Waals surface area contributed by atoms with Crippen LogP contribution in [0.5, 0.6) is 0 Å². The highest BCUT2D eigenvalue weighted by Crippen LogP contribution is 2.29. The largest absolute Gasteiger partial charge is 0.299 e. The summed E-state index contributed by atoms with van der Waals surface area (Å²) in [5, 5.41) is 0. The van der Waals surface area contributed by atoms with Crippen LogP contribution < -0.4 is 0 Å². The molecule has 1 aromatic rings. The van der Waals surface area contributed by atoms with Gasteiger partial charge in [0, 0.05) is 25.2 Å². The molecule has 1 atom stereocenters. The number of nitrogens with zero attached hydrogens (tertiary/aromatic N) is 2. The van der Waals surface area contributed by atoms with Crippen LogP contribution in [0.2, 0.25) is 0 Å². The summed E-state index contributed by atoms with van der Waals surface area (Å²) in [5.74, 6) is 0. The van der Waals surface area contributed by atoms with Gasteiger partial charge >= 0.3 is 0 Å². The Kier molecular flexibility index (Phi) is 0.687. The fourth-order valence-corrected chi connectivity index (χ4v) is 1.23. The molecule has 12 heavy (non-hydrogen) atoms. The maximum absolute atomic E-state index is 7.87. The van der Waals surface area contributed by atoms with E-state index in [0.717, 1.165) is 0 Å². The third-order valence-electron chi connectivity index (χ3n) is 1.83. The Morgan fingerprint density at radius 2 is 2.92 bits per heavy atom. The maximum atomic E-state index is 7.87. The van der Waals surface area contributed by atoms with Gasteiger partial charge in [0.15, 0.2) is 0 Å². The first-order valence-electron chi connectivity index (χ1n) is 8.20. The molecule has 1 aliphatic rings. The number of aromatic nitrogens is 1. The average molecular weight is 171 g/mol. The molecule has 64 valence electrons. The van der Waals surface area contributed by atoms with E-state index in [2.05, 4.69) is 4.98 Å². The van der Waals surface area contributed by atoms with Crippen LogP contribution >= 0.6 is 0 Å². The van der Waals surface area contributed by atoms with Gasteiger partial charge in [0.1, 0.15) is 0 Å². The second-order valence-electron chi connectivity index (χ2n) is 2.58. The molecule has 0 aromatic carbocycles. The first kappa shape index (κ1) is 2.55. The molecule has 0 spiro atoms. The molecule has 1 fully saturated rings. The Hall–Kier alpha value is -0.890. The fourth-order valence-electron chi connectivity index (χ4n) is 1.23. The minimum absolute atomic E-state index is 0.0507. The van der Waals surface area contributed by atoms with Crippen LogP contribution in [0.15, 0.2) is 24.4 Å². The van der Waals surface area contributed by atoms with E-state index in [9.17, 15) is 0 Å². The topological polar surface area (TPSA) is 16.1 Å². The Morgan fingerprint density at radius 1 is 1.92 bits per heavy atom. The summed E-state index contributed by atoms with van der Waals surface area (Å²) in [6.07, 6.45) is -0.903. The van der Waals surface area contributed by atoms with Crippen LogP contribution in [0.1, 0.15) is 36.8 Å². The molecule has 0 bridgehead atoms. The number of hydrogen-bond acceptors (Lipinski definition) is 2. The Balaban J connectivity index is 2.59. The van der Waals surface area contributed by atoms with Gasteiger partial charge in [-0.05, 0) is 37.9 Å². The first-order chi connectivity index (χ1) is 9.47. The van der Waals surface area contributed by atoms with Crippen molar-refractivity contribution in [3.8, 4) is 0 Å². The number of hydrogen-bond donors (Lipinski definition) is 0. The van der Waals surface area contributed by atoms with Crippen molar-refractivity contribution in [1.29, 1.82) is 0 Å². The van der Waals surface area contributed by atoms with E-state index in [4.69, 9.17) is 12.3 Å². The molecule has 0 aliphatic carbocycles. The molecule has 1 aromatic heterocycles. The normalized spacial score (nSPS) is 40.7. The van der Waals surface area contributed by atoms with E-state index in [-0.39, 0.29) is 18.4 Å². The van der Waals surface area contributed by atoms with Crippen LogP contribution in [0.25, 0.3) is 0 Å². The predicted octanol–water partition coefficient (Wildman–Crippen LogP) is 1.85. The van der Waals surface area contributed by atoms with Gasteiger partial charge in [0.25, 0.3) is 0 Å². The van der Waals surface area contributed by atoms with E-state index in [1.54, 1.807) is 0 Å². The number of rotatable bonds is 1. The van der Waals surface area contributed by atoms with Gasteiger partial charge in [0.2, 0.25) is 0 Å². The molecule has 2 heteroatoms. The molecule has 0 saturated carbocycles. The molecule has 2 rings (SSSR count). The fraction of sp³-hybridized carbons (Fsp3) is 0.500. The Morgan fingerprint density at radius 3 is 3.83 bits per heavy atom. The van der Waals surface area contributed by atoms with Crippen molar-refractivity contribution in [2.75, 3.05) is 13.5 Å². The van der Waals surface area contributed by atoms with Gasteiger partial charge in [-0.25, -0.2) is 0 Å². The van der Waals surface area contributed by atoms with Crippen molar-refractivity contribution in [2.24, 2.45) is 0 Å². The zero-order chi connectivity index (χ0) is 16.2. The van der Waals surface area contributed by atoms with Gasteiger partial charge in [0.05, 0.1) is 5.48 Å². The van der Waals surface area contributed by atoms with Crippen molar-refractivity contribution in [2.45, 2.75) is 18.9 Å². The van der Waals surface area contributed by atoms with E-state index < -0.39 is 43.9 Å². The Labute approximate surface area is 85.9 Å². The second-order valence-corrected chi connectivity index (χ2v) is 2.58. The third kappa shape index (κ3) is 1.34. The van der Waals surface area contributed by atoms with Gasteiger partial charge < -0.3 is 0 Å². The smallest absolute Gasteiger partial charge is 0.0843 e. The van der Waals surface area contributed by atoms with E-state index >= 15 is 0 Å². The van der Waals surface area contributed by atoms with E-state index in [1.165, 1.54) is 0 Å². The Bertz CT molecular complexity index is 569. The standard InChI is InChI=1S/C10H14N2/c1-12-7-3-5-10(12)9-4-2-6-11-8-9/h2,4,6,8,10H,3,5,7H2,1H3/t10-/m0/s1/i1D3,2D,4D,6D,7D2,8D. The molecule has 2 heterocycles. The lowest BCUT2D eigenvalue weighted by Gasteiger charge is -2.18. The lowest BCUT2D eigenvalue weighted by atomic mass is 10.1. The van der Waals surface area contributed by atoms with Crippen molar-refractivity contribution in [1.82, 2.24) is 9.88 Å². The molecule has 0 N–H and O–H groups in total. The first-order valence-corrected chi connectivity index (χ1v) is 3.70. The zero-order valence-corrected chi connectivity index (χ0v) is 6.39. The molecule has 0 amide bonds. The predicted molar refractivity (Wildman–Crippen MR) is 48.8 cm³/mol. The van der Waals surface area contributed by atoms with Gasteiger partial charge in [-0.2, -0.15) is 0 Å². The summed E-state index contributed by atoms with van der Waals surface area (Å²) < 4.78 is 68.7. The molecular formula is C10H14N2. The molecule has 1 saturated heterocycles. The van der Waals surface area contributed by atoms with Crippen LogP contribution in [0, 0.1) is 0 Å². The monoisotopic (exact) mass is 171 g/mol. The van der Waals surface area contributed by atoms with Gasteiger partial charge in [-0.15, -0.1) is 0 Å². The third-order valence-corrected chi connectivity index (χ3v) is 1.83. The quantitative estimate of drug-likeness (QED) is 0.641. The van der Waals surface area contributed by atoms with Crippen molar-refractivity contribution < 1.29 is 12.3 Å². The summed E-state index contributed by atoms with van der Waals surface area (Å²) in [6.45, 7) is -4.82. The van der Waals surface area contributed by atoms with Crippen molar-refractivity contribution in [3.63, 3.8) is 0 Å². The van der Waals surface area contributed by atoms with E-state index in [1.807, 2.05) is 0 Å². The maximum Gasteiger partial charge on any atom is 0.0843 e. The number of likely N-dealkylation sites (tertiary alicyclic amines) is 1. The van der Waals surface area contributed by atoms with Crippen molar-refractivity contribution >= 4 is 0 Å². The van der Waals surface area contributed by atoms with Crippen LogP contribution in [0.4, 0.5) is 0 Å². The molecule has 0 unspecified atom stereocenters. The SMILES string of the molecule is [2H]c1nc([2H])c([C@@H]2CCC([2H])([2H])N2C([2H])([2H])[2H])c([2H])c1[2H]. The lowest BCUT2D eigenvalue weighted by Crippen LogP contribution is -2.17. The molecular weight excluding hydrogens is 148 g/mol. The van der Waals surface area contributed by atoms with Crippen LogP contribution in [-0.4, -0.2) is 23.4 Å². The average Bonchev–Trinajstić information content (AvgIpc) is 2.62. The highest BCUT2D eigenvalue weighted by Gasteiger charge is 2.21. The second kappa shape index (κ2) is 3.23. The van der Waals surface area contributed by atoms with Crippen molar-refractivity contribution in [3.05, 3.63) is 30.0 Å². The summed E-state index contributed by atoms with van der Waals surface area (Å²) >= 11 is 0. The highest BCUT2D eigenvalue weighted by molar-refractivity contribution is 5.14. The summed E-state index contributed by atoms with van der Waals surface area (Å²) in [6, 6.07) is -1.94.